The van der Waals surface area contributed by atoms with Gasteiger partial charge in [-0.05, 0) is 106 Å². The predicted octanol–water partition coefficient (Wildman–Crippen LogP) is 21.6. The Balaban J connectivity index is 1.04. The fourth-order valence-corrected chi connectivity index (χ4v) is 13.8. The van der Waals surface area contributed by atoms with E-state index >= 15 is 0 Å². The summed E-state index contributed by atoms with van der Waals surface area (Å²) in [7, 11) is 0. The molecule has 4 aromatic heterocycles. The van der Waals surface area contributed by atoms with E-state index in [1.54, 1.807) is 0 Å². The van der Waals surface area contributed by atoms with Gasteiger partial charge in [-0.25, -0.2) is 0 Å². The molecule has 13 aromatic carbocycles. The Bertz CT molecular complexity index is 4910. The van der Waals surface area contributed by atoms with Crippen LogP contribution >= 0.6 is 0 Å². The zero-order chi connectivity index (χ0) is 53.8. The molecule has 0 unspecified atom stereocenters. The summed E-state index contributed by atoms with van der Waals surface area (Å²) < 4.78 is 5.26. The third kappa shape index (κ3) is 6.79. The number of para-hydroxylation sites is 4. The van der Waals surface area contributed by atoms with Crippen LogP contribution in [-0.4, -0.2) is 8.80 Å². The molecule has 0 spiro atoms. The van der Waals surface area contributed by atoms with Crippen LogP contribution in [0.5, 0.6) is 0 Å². The number of aromatic nitrogens is 2. The zero-order valence-corrected chi connectivity index (χ0v) is 44.7. The molecule has 0 saturated heterocycles. The summed E-state index contributed by atoms with van der Waals surface area (Å²) in [5.74, 6) is 0. The van der Waals surface area contributed by atoms with Crippen LogP contribution in [-0.2, 0) is 0 Å². The minimum absolute atomic E-state index is 1.10. The Kier molecular flexibility index (Phi) is 10.3. The van der Waals surface area contributed by atoms with E-state index in [-0.39, 0.29) is 0 Å². The van der Waals surface area contributed by atoms with Crippen LogP contribution in [0.25, 0.3) is 121 Å². The van der Waals surface area contributed by atoms with Gasteiger partial charge in [0.15, 0.2) is 0 Å². The molecule has 82 heavy (non-hydrogen) atoms. The molecule has 17 rings (SSSR count). The van der Waals surface area contributed by atoms with Gasteiger partial charge in [-0.15, -0.1) is 0 Å². The fraction of sp³-hybridized carbons (Fsp3) is 0. The first-order chi connectivity index (χ1) is 40.8. The highest BCUT2D eigenvalue weighted by molar-refractivity contribution is 6.39. The standard InChI is InChI=1S/C78H50N4/c1-7-25-51(26-8-1)55-33-23-39-59(49-55)79(57-35-15-5-16-36-57)67-47-45-63-73-69(53-29-11-3-12-30-53)78-74(70(54-31-13-4-14-32-54)77(73)81-65-43-21-19-41-61(65)71(67)75(63)81)64-46-48-68(72-62-42-20-22-44-66(62)82(78)76(64)72)80(58-37-17-6-18-38-58)60-40-24-34-56(50-60)52-27-9-2-10-28-52/h1-50H. The normalized spacial score (nSPS) is 11.9. The Morgan fingerprint density at radius 2 is 0.524 bits per heavy atom. The monoisotopic (exact) mass is 1040 g/mol. The van der Waals surface area contributed by atoms with Crippen molar-refractivity contribution in [1.29, 1.82) is 0 Å². The van der Waals surface area contributed by atoms with Crippen LogP contribution < -0.4 is 9.80 Å². The summed E-state index contributed by atoms with van der Waals surface area (Å²) in [5.41, 5.74) is 23.3. The van der Waals surface area contributed by atoms with Gasteiger partial charge in [-0.2, -0.15) is 0 Å². The van der Waals surface area contributed by atoms with Gasteiger partial charge >= 0.3 is 0 Å². The van der Waals surface area contributed by atoms with Crippen molar-refractivity contribution in [3.05, 3.63) is 303 Å². The Hall–Kier alpha value is -10.9. The van der Waals surface area contributed by atoms with E-state index in [2.05, 4.69) is 322 Å². The van der Waals surface area contributed by atoms with Gasteiger partial charge in [0.2, 0.25) is 0 Å². The maximum Gasteiger partial charge on any atom is 0.0642 e. The second-order valence-electron chi connectivity index (χ2n) is 21.5. The van der Waals surface area contributed by atoms with Crippen LogP contribution in [0, 0.1) is 0 Å². The lowest BCUT2D eigenvalue weighted by Crippen LogP contribution is -2.10. The first-order valence-corrected chi connectivity index (χ1v) is 28.3. The van der Waals surface area contributed by atoms with E-state index in [4.69, 9.17) is 0 Å². The van der Waals surface area contributed by atoms with Gasteiger partial charge in [-0.1, -0.05) is 231 Å². The second kappa shape index (κ2) is 18.3. The molecule has 0 aliphatic carbocycles. The minimum atomic E-state index is 1.10. The molecule has 0 N–H and O–H groups in total. The van der Waals surface area contributed by atoms with E-state index in [1.165, 1.54) is 121 Å². The lowest BCUT2D eigenvalue weighted by molar-refractivity contribution is 1.30. The molecular formula is C78H50N4. The van der Waals surface area contributed by atoms with Crippen LogP contribution in [0.2, 0.25) is 0 Å². The van der Waals surface area contributed by atoms with Crippen LogP contribution in [0.3, 0.4) is 0 Å². The van der Waals surface area contributed by atoms with Gasteiger partial charge in [-0.3, -0.25) is 0 Å². The van der Waals surface area contributed by atoms with Crippen molar-refractivity contribution in [3.63, 3.8) is 0 Å². The average Bonchev–Trinajstić information content (AvgIpc) is 2.53. The number of rotatable bonds is 10. The van der Waals surface area contributed by atoms with E-state index in [9.17, 15) is 0 Å². The third-order valence-corrected chi connectivity index (χ3v) is 17.1. The second-order valence-corrected chi connectivity index (χ2v) is 21.5. The highest BCUT2D eigenvalue weighted by atomic mass is 15.2. The van der Waals surface area contributed by atoms with E-state index in [0.29, 0.717) is 0 Å². The van der Waals surface area contributed by atoms with Crippen molar-refractivity contribution in [3.8, 4) is 44.5 Å². The molecule has 17 aromatic rings. The molecular weight excluding hydrogens is 993 g/mol. The first-order valence-electron chi connectivity index (χ1n) is 28.3. The highest BCUT2D eigenvalue weighted by Crippen LogP contribution is 2.57. The topological polar surface area (TPSA) is 15.3 Å². The van der Waals surface area contributed by atoms with E-state index < -0.39 is 0 Å². The summed E-state index contributed by atoms with van der Waals surface area (Å²) in [6.07, 6.45) is 0. The minimum Gasteiger partial charge on any atom is -0.310 e. The molecule has 0 aliphatic rings. The van der Waals surface area contributed by atoms with Gasteiger partial charge in [0.1, 0.15) is 0 Å². The molecule has 0 bridgehead atoms. The Labute approximate surface area is 474 Å². The number of nitrogens with zero attached hydrogens (tertiary/aromatic N) is 4. The number of hydrogen-bond acceptors (Lipinski definition) is 2. The molecule has 0 fully saturated rings. The van der Waals surface area contributed by atoms with Crippen molar-refractivity contribution < 1.29 is 0 Å². The SMILES string of the molecule is c1ccc(-c2cccc(N(c3ccccc3)c3ccc4c5c(-c6ccccc6)c6c(c(-c7ccccc7)c5n5c7ccccc7c3c45)c3ccc(N(c4ccccc4)c4cccc(-c5ccccc5)c4)c4c5ccccc5n6c34)c2)cc1. The van der Waals surface area contributed by atoms with Crippen LogP contribution in [0.15, 0.2) is 303 Å². The molecule has 4 heterocycles. The molecule has 0 radical (unpaired) electrons. The summed E-state index contributed by atoms with van der Waals surface area (Å²) >= 11 is 0. The quantitative estimate of drug-likeness (QED) is 0.136. The average molecular weight is 1040 g/mol. The van der Waals surface area contributed by atoms with E-state index in [0.717, 1.165) is 34.1 Å². The summed E-state index contributed by atoms with van der Waals surface area (Å²) in [6.45, 7) is 0. The highest BCUT2D eigenvalue weighted by Gasteiger charge is 2.33. The lowest BCUT2D eigenvalue weighted by Gasteiger charge is -2.27. The molecule has 382 valence electrons. The van der Waals surface area contributed by atoms with E-state index in [1.807, 2.05) is 0 Å². The van der Waals surface area contributed by atoms with Gasteiger partial charge in [0, 0.05) is 77.0 Å². The maximum atomic E-state index is 2.63. The van der Waals surface area contributed by atoms with Crippen molar-refractivity contribution in [2.45, 2.75) is 0 Å². The van der Waals surface area contributed by atoms with Gasteiger partial charge in [0.05, 0.1) is 44.5 Å². The Morgan fingerprint density at radius 3 is 0.915 bits per heavy atom. The molecule has 0 saturated carbocycles. The maximum absolute atomic E-state index is 2.63. The Morgan fingerprint density at radius 1 is 0.207 bits per heavy atom. The van der Waals surface area contributed by atoms with Crippen molar-refractivity contribution in [2.24, 2.45) is 0 Å². The molecule has 0 aliphatic heterocycles. The number of fused-ring (bicyclic) bond motifs is 12. The van der Waals surface area contributed by atoms with Gasteiger partial charge in [0.25, 0.3) is 0 Å². The lowest BCUT2D eigenvalue weighted by atomic mass is 9.89. The van der Waals surface area contributed by atoms with Crippen molar-refractivity contribution in [2.75, 3.05) is 9.80 Å². The fourth-order valence-electron chi connectivity index (χ4n) is 13.8. The third-order valence-electron chi connectivity index (χ3n) is 17.1. The smallest absolute Gasteiger partial charge is 0.0642 e. The predicted molar refractivity (Wildman–Crippen MR) is 347 cm³/mol. The molecule has 4 nitrogen and oxygen atoms in total. The van der Waals surface area contributed by atoms with Crippen molar-refractivity contribution in [1.82, 2.24) is 8.80 Å². The molecule has 0 amide bonds. The van der Waals surface area contributed by atoms with Gasteiger partial charge < -0.3 is 18.6 Å². The molecule has 0 atom stereocenters. The van der Waals surface area contributed by atoms with Crippen LogP contribution in [0.4, 0.5) is 34.1 Å². The summed E-state index contributed by atoms with van der Waals surface area (Å²) in [6, 6.07) is 111. The number of hydrogen-bond donors (Lipinski definition) is 0. The van der Waals surface area contributed by atoms with Crippen LogP contribution in [0.1, 0.15) is 0 Å². The molecule has 4 heteroatoms. The number of benzene rings is 13. The first kappa shape index (κ1) is 46.0. The van der Waals surface area contributed by atoms with Crippen molar-refractivity contribution >= 4 is 110 Å². The summed E-state index contributed by atoms with van der Waals surface area (Å²) in [5, 5.41) is 9.76. The summed E-state index contributed by atoms with van der Waals surface area (Å²) in [4.78, 5) is 4.93. The zero-order valence-electron chi connectivity index (χ0n) is 44.7. The number of anilines is 6. The largest absolute Gasteiger partial charge is 0.310 e.